The van der Waals surface area contributed by atoms with E-state index in [1.54, 1.807) is 0 Å². The van der Waals surface area contributed by atoms with Crippen molar-refractivity contribution in [2.24, 2.45) is 5.92 Å². The van der Waals surface area contributed by atoms with Crippen LogP contribution >= 0.6 is 0 Å². The van der Waals surface area contributed by atoms with Gasteiger partial charge in [-0.1, -0.05) is 20.8 Å². The molecule has 1 aliphatic heterocycles. The van der Waals surface area contributed by atoms with Gasteiger partial charge in [0.1, 0.15) is 6.10 Å². The third-order valence-electron chi connectivity index (χ3n) is 5.25. The van der Waals surface area contributed by atoms with Gasteiger partial charge in [0.15, 0.2) is 14.1 Å². The van der Waals surface area contributed by atoms with Gasteiger partial charge in [0.2, 0.25) is 0 Å². The van der Waals surface area contributed by atoms with Crippen molar-refractivity contribution in [2.75, 3.05) is 7.11 Å². The van der Waals surface area contributed by atoms with Gasteiger partial charge in [-0.15, -0.1) is 0 Å². The van der Waals surface area contributed by atoms with Gasteiger partial charge in [-0.2, -0.15) is 0 Å². The van der Waals surface area contributed by atoms with E-state index in [1.807, 2.05) is 13.8 Å². The summed E-state index contributed by atoms with van der Waals surface area (Å²) in [6.07, 6.45) is 0.121. The maximum Gasteiger partial charge on any atom is 0.311 e. The Morgan fingerprint density at radius 1 is 1.18 bits per heavy atom. The molecule has 2 rings (SSSR count). The maximum absolute atomic E-state index is 12.2. The second-order valence-corrected chi connectivity index (χ2v) is 11.6. The van der Waals surface area contributed by atoms with E-state index < -0.39 is 14.1 Å². The minimum Gasteiger partial charge on any atom is -0.469 e. The minimum atomic E-state index is -1.83. The van der Waals surface area contributed by atoms with Crippen LogP contribution in [0.2, 0.25) is 18.1 Å². The minimum absolute atomic E-state index is 0.0821. The first-order valence-electron chi connectivity index (χ1n) is 8.42. The molecule has 1 saturated carbocycles. The zero-order chi connectivity index (χ0) is 16.5. The van der Waals surface area contributed by atoms with E-state index in [0.29, 0.717) is 6.42 Å². The van der Waals surface area contributed by atoms with E-state index in [4.69, 9.17) is 18.6 Å². The summed E-state index contributed by atoms with van der Waals surface area (Å²) in [6.45, 7) is 10.4. The topological polar surface area (TPSA) is 54.0 Å². The summed E-state index contributed by atoms with van der Waals surface area (Å²) in [5, 5.41) is 0. The molecule has 5 nitrogen and oxygen atoms in total. The Morgan fingerprint density at radius 3 is 2.27 bits per heavy atom. The molecule has 128 valence electrons. The molecular formula is C16H30O5Si. The third kappa shape index (κ3) is 3.25. The molecule has 6 heteroatoms. The van der Waals surface area contributed by atoms with E-state index in [0.717, 1.165) is 18.1 Å². The Labute approximate surface area is 134 Å². The summed E-state index contributed by atoms with van der Waals surface area (Å²) in [4.78, 5) is 12.2. The number of fused-ring (bicyclic) bond motifs is 1. The fourth-order valence-corrected chi connectivity index (χ4v) is 6.63. The summed E-state index contributed by atoms with van der Waals surface area (Å²) < 4.78 is 23.6. The molecule has 22 heavy (non-hydrogen) atoms. The molecule has 0 unspecified atom stereocenters. The average Bonchev–Trinajstić information content (AvgIpc) is 2.96. The number of rotatable bonds is 6. The fourth-order valence-electron chi connectivity index (χ4n) is 3.76. The Kier molecular flexibility index (Phi) is 5.37. The summed E-state index contributed by atoms with van der Waals surface area (Å²) in [5.74, 6) is -1.10. The van der Waals surface area contributed by atoms with Crippen LogP contribution in [0.5, 0.6) is 0 Å². The molecule has 0 N–H and O–H groups in total. The Hall–Kier alpha value is -0.433. The molecule has 0 aromatic rings. The van der Waals surface area contributed by atoms with Crippen molar-refractivity contribution < 1.29 is 23.4 Å². The number of carbonyl (C=O) groups is 1. The molecule has 0 spiro atoms. The summed E-state index contributed by atoms with van der Waals surface area (Å²) >= 11 is 0. The first kappa shape index (κ1) is 17.9. The van der Waals surface area contributed by atoms with E-state index >= 15 is 0 Å². The van der Waals surface area contributed by atoms with Gasteiger partial charge < -0.3 is 18.6 Å². The smallest absolute Gasteiger partial charge is 0.311 e. The predicted molar refractivity (Wildman–Crippen MR) is 86.0 cm³/mol. The van der Waals surface area contributed by atoms with Crippen molar-refractivity contribution in [1.29, 1.82) is 0 Å². The van der Waals surface area contributed by atoms with Crippen molar-refractivity contribution in [1.82, 2.24) is 0 Å². The van der Waals surface area contributed by atoms with E-state index in [2.05, 4.69) is 20.8 Å². The van der Waals surface area contributed by atoms with Gasteiger partial charge in [-0.3, -0.25) is 4.79 Å². The Balaban J connectivity index is 2.24. The lowest BCUT2D eigenvalue weighted by molar-refractivity contribution is -0.174. The first-order chi connectivity index (χ1) is 10.3. The van der Waals surface area contributed by atoms with Crippen LogP contribution < -0.4 is 0 Å². The molecule has 2 aliphatic rings. The highest BCUT2D eigenvalue weighted by molar-refractivity contribution is 6.73. The fraction of sp³-hybridized carbons (Fsp3) is 0.938. The SMILES string of the molecule is CC[Si](CC)(CC)O[C@@H]1[C@H]2OC(C)(C)O[C@H]2C[C@@H]1C(=O)OC. The van der Waals surface area contributed by atoms with E-state index in [-0.39, 0.29) is 30.2 Å². The molecular weight excluding hydrogens is 300 g/mol. The maximum atomic E-state index is 12.2. The number of hydrogen-bond acceptors (Lipinski definition) is 5. The van der Waals surface area contributed by atoms with Gasteiger partial charge >= 0.3 is 5.97 Å². The molecule has 2 fully saturated rings. The molecule has 0 aromatic heterocycles. The molecule has 0 aromatic carbocycles. The second kappa shape index (κ2) is 6.59. The van der Waals surface area contributed by atoms with Crippen LogP contribution in [0.1, 0.15) is 41.0 Å². The molecule has 0 bridgehead atoms. The van der Waals surface area contributed by atoms with Crippen LogP contribution in [0.4, 0.5) is 0 Å². The van der Waals surface area contributed by atoms with Crippen LogP contribution in [0.25, 0.3) is 0 Å². The monoisotopic (exact) mass is 330 g/mol. The largest absolute Gasteiger partial charge is 0.469 e. The number of methoxy groups -OCH3 is 1. The number of esters is 1. The van der Waals surface area contributed by atoms with Crippen molar-refractivity contribution >= 4 is 14.3 Å². The lowest BCUT2D eigenvalue weighted by Gasteiger charge is -2.35. The number of hydrogen-bond donors (Lipinski definition) is 0. The van der Waals surface area contributed by atoms with Crippen LogP contribution in [0.15, 0.2) is 0 Å². The highest BCUT2D eigenvalue weighted by atomic mass is 28.4. The normalized spacial score (nSPS) is 33.7. The van der Waals surface area contributed by atoms with Crippen LogP contribution in [-0.2, 0) is 23.4 Å². The van der Waals surface area contributed by atoms with Crippen LogP contribution in [0.3, 0.4) is 0 Å². The van der Waals surface area contributed by atoms with Gasteiger partial charge in [0.05, 0.1) is 25.2 Å². The predicted octanol–water partition coefficient (Wildman–Crippen LogP) is 3.09. The van der Waals surface area contributed by atoms with Gasteiger partial charge in [0.25, 0.3) is 0 Å². The molecule has 1 heterocycles. The van der Waals surface area contributed by atoms with Crippen molar-refractivity contribution in [3.63, 3.8) is 0 Å². The quantitative estimate of drug-likeness (QED) is 0.553. The van der Waals surface area contributed by atoms with Gasteiger partial charge in [0, 0.05) is 0 Å². The number of carbonyl (C=O) groups excluding carboxylic acids is 1. The molecule has 0 amide bonds. The lowest BCUT2D eigenvalue weighted by atomic mass is 10.1. The van der Waals surface area contributed by atoms with E-state index in [1.165, 1.54) is 7.11 Å². The van der Waals surface area contributed by atoms with Gasteiger partial charge in [-0.25, -0.2) is 0 Å². The van der Waals surface area contributed by atoms with Crippen molar-refractivity contribution in [3.05, 3.63) is 0 Å². The standard InChI is InChI=1S/C16H30O5Si/c1-7-22(8-2,9-3)21-13-11(15(17)18-6)10-12-14(13)20-16(4,5)19-12/h11-14H,7-10H2,1-6H3/t11-,12-,13-,14-/m0/s1. The third-order valence-corrected chi connectivity index (χ3v) is 9.89. The van der Waals surface area contributed by atoms with E-state index in [9.17, 15) is 4.79 Å². The zero-order valence-corrected chi connectivity index (χ0v) is 15.7. The number of ether oxygens (including phenoxy) is 3. The van der Waals surface area contributed by atoms with Crippen molar-refractivity contribution in [3.8, 4) is 0 Å². The zero-order valence-electron chi connectivity index (χ0n) is 14.7. The Bertz CT molecular complexity index is 399. The summed E-state index contributed by atoms with van der Waals surface area (Å²) in [5.41, 5.74) is 0. The second-order valence-electron chi connectivity index (χ2n) is 6.83. The average molecular weight is 330 g/mol. The first-order valence-corrected chi connectivity index (χ1v) is 11.0. The van der Waals surface area contributed by atoms with Crippen molar-refractivity contribution in [2.45, 2.75) is 83.3 Å². The Morgan fingerprint density at radius 2 is 1.77 bits per heavy atom. The van der Waals surface area contributed by atoms with Crippen LogP contribution in [-0.4, -0.2) is 45.5 Å². The molecule has 1 saturated heterocycles. The summed E-state index contributed by atoms with van der Waals surface area (Å²) in [7, 11) is -0.399. The van der Waals surface area contributed by atoms with Gasteiger partial charge in [-0.05, 0) is 38.4 Å². The van der Waals surface area contributed by atoms with Crippen LogP contribution in [0, 0.1) is 5.92 Å². The molecule has 0 radical (unpaired) electrons. The summed E-state index contributed by atoms with van der Waals surface area (Å²) in [6, 6.07) is 3.14. The highest BCUT2D eigenvalue weighted by Crippen LogP contribution is 2.44. The highest BCUT2D eigenvalue weighted by Gasteiger charge is 2.57. The lowest BCUT2D eigenvalue weighted by Crippen LogP contribution is -2.47. The molecule has 4 atom stereocenters. The molecule has 1 aliphatic carbocycles.